The van der Waals surface area contributed by atoms with Gasteiger partial charge in [-0.3, -0.25) is 0 Å². The number of aromatic nitrogens is 4. The summed E-state index contributed by atoms with van der Waals surface area (Å²) in [5.41, 5.74) is 13.6. The van der Waals surface area contributed by atoms with Gasteiger partial charge in [0.15, 0.2) is 28.8 Å². The summed E-state index contributed by atoms with van der Waals surface area (Å²) < 4.78 is 2.93. The Morgan fingerprint density at radius 3 is 1.40 bits per heavy atom. The molecule has 1 aliphatic rings. The van der Waals surface area contributed by atoms with Gasteiger partial charge >= 0.3 is 0 Å². The van der Waals surface area contributed by atoms with Crippen molar-refractivity contribution in [1.82, 2.24) is 24.0 Å². The maximum absolute atomic E-state index is 5.03. The number of rotatable bonds is 6. The zero-order chi connectivity index (χ0) is 39.6. The molecule has 5 heteroatoms. The van der Waals surface area contributed by atoms with E-state index in [0.717, 1.165) is 27.9 Å². The van der Waals surface area contributed by atoms with Crippen molar-refractivity contribution in [3.05, 3.63) is 218 Å². The van der Waals surface area contributed by atoms with E-state index in [2.05, 4.69) is 162 Å². The summed E-state index contributed by atoms with van der Waals surface area (Å²) in [7, 11) is 0. The van der Waals surface area contributed by atoms with Crippen LogP contribution < -0.4 is 4.48 Å². The van der Waals surface area contributed by atoms with Crippen LogP contribution in [0.3, 0.4) is 0 Å². The van der Waals surface area contributed by atoms with Gasteiger partial charge in [0.25, 0.3) is 0 Å². The quantitative estimate of drug-likeness (QED) is 0.158. The van der Waals surface area contributed by atoms with Crippen molar-refractivity contribution in [1.29, 1.82) is 0 Å². The van der Waals surface area contributed by atoms with E-state index < -0.39 is 0 Å². The molecule has 280 valence electrons. The molecule has 0 fully saturated rings. The van der Waals surface area contributed by atoms with Crippen molar-refractivity contribution >= 4 is 55.3 Å². The van der Waals surface area contributed by atoms with Gasteiger partial charge in [0.2, 0.25) is 0 Å². The third kappa shape index (κ3) is 5.00. The first-order valence-electron chi connectivity index (χ1n) is 20.4. The molecule has 5 nitrogen and oxygen atoms in total. The molecular formula is C55H36N5+. The molecule has 1 aliphatic heterocycles. The second-order valence-corrected chi connectivity index (χ2v) is 15.3. The van der Waals surface area contributed by atoms with Gasteiger partial charge in [0, 0.05) is 63.5 Å². The van der Waals surface area contributed by atoms with E-state index in [1.807, 2.05) is 60.7 Å². The maximum Gasteiger partial charge on any atom is 0.167 e. The Hall–Kier alpha value is -7.99. The minimum Gasteiger partial charge on any atom is -0.308 e. The summed E-state index contributed by atoms with van der Waals surface area (Å²) in [6.07, 6.45) is 0. The first-order chi connectivity index (χ1) is 29.8. The Labute approximate surface area is 347 Å². The molecule has 11 aromatic rings. The van der Waals surface area contributed by atoms with Gasteiger partial charge in [-0.15, -0.1) is 0 Å². The van der Waals surface area contributed by atoms with Crippen LogP contribution in [0.1, 0.15) is 0 Å². The van der Waals surface area contributed by atoms with Crippen molar-refractivity contribution in [2.45, 2.75) is 0 Å². The molecule has 0 unspecified atom stereocenters. The van der Waals surface area contributed by atoms with Crippen LogP contribution in [0.2, 0.25) is 0 Å². The molecule has 60 heavy (non-hydrogen) atoms. The third-order valence-corrected chi connectivity index (χ3v) is 12.0. The van der Waals surface area contributed by atoms with E-state index >= 15 is 0 Å². The molecule has 0 amide bonds. The van der Waals surface area contributed by atoms with Crippen LogP contribution in [-0.2, 0) is 0 Å². The van der Waals surface area contributed by atoms with Gasteiger partial charge < -0.3 is 4.57 Å². The van der Waals surface area contributed by atoms with Crippen molar-refractivity contribution in [2.75, 3.05) is 0 Å². The van der Waals surface area contributed by atoms with E-state index in [1.165, 1.54) is 60.9 Å². The number of fused-ring (bicyclic) bond motifs is 10. The monoisotopic (exact) mass is 766 g/mol. The molecule has 0 spiro atoms. The summed E-state index contributed by atoms with van der Waals surface area (Å²) in [5.74, 6) is 1.92. The largest absolute Gasteiger partial charge is 0.308 e. The van der Waals surface area contributed by atoms with Crippen LogP contribution >= 0.6 is 0 Å². The Morgan fingerprint density at radius 2 is 0.817 bits per heavy atom. The number of nitrogens with zero attached hydrogens (tertiary/aromatic N) is 5. The van der Waals surface area contributed by atoms with Crippen LogP contribution in [0.25, 0.3) is 83.6 Å². The lowest BCUT2D eigenvalue weighted by atomic mass is 9.94. The molecule has 0 N–H and O–H groups in total. The fraction of sp³-hybridized carbons (Fsp3) is 0. The fourth-order valence-electron chi connectivity index (χ4n) is 9.55. The lowest BCUT2D eigenvalue weighted by molar-refractivity contribution is 0.727. The van der Waals surface area contributed by atoms with Crippen molar-refractivity contribution < 1.29 is 0 Å². The van der Waals surface area contributed by atoms with E-state index in [-0.39, 0.29) is 0 Å². The number of hydrogen-bond acceptors (Lipinski definition) is 3. The zero-order valence-electron chi connectivity index (χ0n) is 32.5. The van der Waals surface area contributed by atoms with Crippen molar-refractivity contribution in [3.8, 4) is 51.0 Å². The second-order valence-electron chi connectivity index (χ2n) is 15.3. The lowest BCUT2D eigenvalue weighted by Crippen LogP contribution is -2.31. The molecule has 9 aromatic carbocycles. The molecule has 0 atom stereocenters. The molecule has 3 heterocycles. The van der Waals surface area contributed by atoms with Crippen molar-refractivity contribution in [2.24, 2.45) is 0 Å². The van der Waals surface area contributed by atoms with Crippen LogP contribution in [-0.4, -0.2) is 19.5 Å². The van der Waals surface area contributed by atoms with E-state index in [1.54, 1.807) is 0 Å². The summed E-state index contributed by atoms with van der Waals surface area (Å²) in [6.45, 7) is 0. The minimum atomic E-state index is 0.467. The number of benzene rings is 9. The highest BCUT2D eigenvalue weighted by Gasteiger charge is 2.50. The summed E-state index contributed by atoms with van der Waals surface area (Å²) in [6, 6.07) is 77.8. The summed E-state index contributed by atoms with van der Waals surface area (Å²) >= 11 is 0. The topological polar surface area (TPSA) is 43.6 Å². The number of para-hydroxylation sites is 4. The molecule has 12 rings (SSSR count). The maximum atomic E-state index is 5.03. The Kier molecular flexibility index (Phi) is 7.70. The third-order valence-electron chi connectivity index (χ3n) is 12.0. The minimum absolute atomic E-state index is 0.467. The van der Waals surface area contributed by atoms with Gasteiger partial charge in [-0.25, -0.2) is 15.0 Å². The molecule has 0 aliphatic carbocycles. The first kappa shape index (κ1) is 34.1. The first-order valence-corrected chi connectivity index (χ1v) is 20.4. The van der Waals surface area contributed by atoms with E-state index in [9.17, 15) is 0 Å². The normalized spacial score (nSPS) is 12.8. The van der Waals surface area contributed by atoms with E-state index in [0.29, 0.717) is 22.0 Å². The van der Waals surface area contributed by atoms with E-state index in [4.69, 9.17) is 15.0 Å². The highest BCUT2D eigenvalue weighted by Crippen LogP contribution is 2.66. The fourth-order valence-corrected chi connectivity index (χ4v) is 9.55. The molecule has 0 saturated heterocycles. The predicted molar refractivity (Wildman–Crippen MR) is 247 cm³/mol. The number of quaternary nitrogens is 1. The van der Waals surface area contributed by atoms with Gasteiger partial charge in [-0.2, -0.15) is 4.48 Å². The molecule has 0 radical (unpaired) electrons. The van der Waals surface area contributed by atoms with Crippen LogP contribution in [0.4, 0.5) is 22.7 Å². The average molecular weight is 767 g/mol. The number of hydrogen-bond donors (Lipinski definition) is 0. The predicted octanol–water partition coefficient (Wildman–Crippen LogP) is 14.4. The summed E-state index contributed by atoms with van der Waals surface area (Å²) in [4.78, 5) is 15.0. The highest BCUT2D eigenvalue weighted by molar-refractivity contribution is 6.32. The van der Waals surface area contributed by atoms with Crippen LogP contribution in [0.5, 0.6) is 0 Å². The van der Waals surface area contributed by atoms with Gasteiger partial charge in [-0.1, -0.05) is 152 Å². The van der Waals surface area contributed by atoms with Gasteiger partial charge in [0.05, 0.1) is 27.5 Å². The Balaban J connectivity index is 1.15. The van der Waals surface area contributed by atoms with Gasteiger partial charge in [-0.05, 0) is 41.8 Å². The lowest BCUT2D eigenvalue weighted by Gasteiger charge is -2.35. The smallest absolute Gasteiger partial charge is 0.167 e. The standard InChI is InChI=1S/C55H36N5/c1-5-19-37(20-6-1)53-56-54(38-21-7-2-8-22-38)58-55(57-53)39-33-35-40(36-34-39)59-47-31-17-15-29-45(47)50-51(59)44-28-14-13-27-43(44)49-46-30-16-18-32-48(46)60(52(49)50,41-23-9-3-10-24-41)42-25-11-4-12-26-42/h1-36H/q+1. The van der Waals surface area contributed by atoms with Crippen LogP contribution in [0.15, 0.2) is 218 Å². The second kappa shape index (κ2) is 13.6. The Morgan fingerprint density at radius 1 is 0.367 bits per heavy atom. The van der Waals surface area contributed by atoms with Crippen molar-refractivity contribution in [3.63, 3.8) is 0 Å². The summed E-state index contributed by atoms with van der Waals surface area (Å²) in [5, 5.41) is 4.88. The highest BCUT2D eigenvalue weighted by atomic mass is 15.4. The molecule has 0 bridgehead atoms. The SMILES string of the molecule is c1ccc(-c2nc(-c3ccccc3)nc(-c3ccc(-n4c5ccccc5c5c6c(c7ccccc7c54)-c4ccccc4[N+]6(c4ccccc4)c4ccccc4)cc3)n2)cc1. The Bertz CT molecular complexity index is 3300. The molecule has 0 saturated carbocycles. The average Bonchev–Trinajstić information content (AvgIpc) is 3.84. The molecular weight excluding hydrogens is 731 g/mol. The van der Waals surface area contributed by atoms with Gasteiger partial charge in [0.1, 0.15) is 11.4 Å². The van der Waals surface area contributed by atoms with Crippen LogP contribution in [0, 0.1) is 0 Å². The molecule has 2 aromatic heterocycles. The zero-order valence-corrected chi connectivity index (χ0v) is 32.5.